The monoisotopic (exact) mass is 329 g/mol. The number of benzene rings is 1. The Balaban J connectivity index is 1.88. The lowest BCUT2D eigenvalue weighted by molar-refractivity contribution is 1.10. The first kappa shape index (κ1) is 14.3. The van der Waals surface area contributed by atoms with Crippen LogP contribution in [0.5, 0.6) is 0 Å². The van der Waals surface area contributed by atoms with Crippen molar-refractivity contribution in [3.8, 4) is 16.6 Å². The van der Waals surface area contributed by atoms with Crippen molar-refractivity contribution in [3.63, 3.8) is 0 Å². The molecule has 0 N–H and O–H groups in total. The van der Waals surface area contributed by atoms with Gasteiger partial charge in [0.1, 0.15) is 23.1 Å². The van der Waals surface area contributed by atoms with Gasteiger partial charge in [0.05, 0.1) is 10.4 Å². The second kappa shape index (κ2) is 6.07. The van der Waals surface area contributed by atoms with E-state index in [-0.39, 0.29) is 0 Å². The molecule has 4 aromatic rings. The van der Waals surface area contributed by atoms with Crippen molar-refractivity contribution < 1.29 is 0 Å². The molecule has 0 amide bonds. The van der Waals surface area contributed by atoms with E-state index in [1.165, 1.54) is 0 Å². The number of thiophene rings is 1. The average Bonchev–Trinajstić information content (AvgIpc) is 3.27. The van der Waals surface area contributed by atoms with E-state index in [1.54, 1.807) is 23.5 Å². The van der Waals surface area contributed by atoms with E-state index in [4.69, 9.17) is 0 Å². The van der Waals surface area contributed by atoms with Crippen molar-refractivity contribution >= 4 is 28.5 Å². The summed E-state index contributed by atoms with van der Waals surface area (Å²) in [5.74, 6) is 0.654. The van der Waals surface area contributed by atoms with Crippen LogP contribution in [0.25, 0.3) is 16.2 Å². The molecule has 3 heterocycles. The van der Waals surface area contributed by atoms with Gasteiger partial charge in [0.2, 0.25) is 0 Å². The van der Waals surface area contributed by atoms with Crippen LogP contribution in [0.15, 0.2) is 76.4 Å². The first-order chi connectivity index (χ1) is 11.9. The second-order valence-electron chi connectivity index (χ2n) is 5.02. The van der Waals surface area contributed by atoms with E-state index in [9.17, 15) is 5.26 Å². The van der Waals surface area contributed by atoms with Gasteiger partial charge < -0.3 is 0 Å². The van der Waals surface area contributed by atoms with E-state index in [0.717, 1.165) is 16.2 Å². The highest BCUT2D eigenvalue weighted by Gasteiger charge is 2.14. The minimum absolute atomic E-state index is 0.493. The summed E-state index contributed by atoms with van der Waals surface area (Å²) in [6.45, 7) is 0. The third-order valence-corrected chi connectivity index (χ3v) is 4.41. The molecule has 1 aromatic carbocycles. The van der Waals surface area contributed by atoms with Gasteiger partial charge in [0, 0.05) is 6.20 Å². The molecular weight excluding hydrogens is 318 g/mol. The minimum Gasteiger partial charge on any atom is -0.283 e. The number of nitrogens with zero attached hydrogens (tertiary/aromatic N) is 5. The van der Waals surface area contributed by atoms with Gasteiger partial charge in [-0.25, -0.2) is 4.98 Å². The molecule has 24 heavy (non-hydrogen) atoms. The normalized spacial score (nSPS) is 11.1. The maximum Gasteiger partial charge on any atom is 0.188 e. The fourth-order valence-electron chi connectivity index (χ4n) is 2.41. The molecule has 0 saturated carbocycles. The molecule has 0 aliphatic rings. The van der Waals surface area contributed by atoms with Crippen molar-refractivity contribution in [1.82, 2.24) is 9.38 Å². The Morgan fingerprint density at radius 2 is 1.88 bits per heavy atom. The van der Waals surface area contributed by atoms with Crippen molar-refractivity contribution in [3.05, 3.63) is 71.7 Å². The van der Waals surface area contributed by atoms with Gasteiger partial charge in [0.15, 0.2) is 5.82 Å². The van der Waals surface area contributed by atoms with Gasteiger partial charge in [0.25, 0.3) is 0 Å². The van der Waals surface area contributed by atoms with Crippen LogP contribution < -0.4 is 0 Å². The van der Waals surface area contributed by atoms with Crippen LogP contribution in [-0.4, -0.2) is 9.38 Å². The number of pyridine rings is 1. The molecule has 4 rings (SSSR count). The van der Waals surface area contributed by atoms with Crippen LogP contribution in [0.1, 0.15) is 5.56 Å². The molecule has 0 aliphatic heterocycles. The predicted molar refractivity (Wildman–Crippen MR) is 93.8 cm³/mol. The minimum atomic E-state index is 0.493. The number of aromatic nitrogens is 2. The molecule has 0 fully saturated rings. The smallest absolute Gasteiger partial charge is 0.188 e. The Morgan fingerprint density at radius 1 is 1.00 bits per heavy atom. The van der Waals surface area contributed by atoms with Crippen molar-refractivity contribution in [2.45, 2.75) is 0 Å². The number of nitriles is 1. The van der Waals surface area contributed by atoms with Crippen LogP contribution in [-0.2, 0) is 0 Å². The van der Waals surface area contributed by atoms with Crippen LogP contribution in [0.3, 0.4) is 0 Å². The maximum atomic E-state index is 9.18. The van der Waals surface area contributed by atoms with E-state index in [0.29, 0.717) is 17.1 Å². The van der Waals surface area contributed by atoms with Crippen molar-refractivity contribution in [2.75, 3.05) is 0 Å². The molecule has 0 saturated heterocycles. The van der Waals surface area contributed by atoms with Gasteiger partial charge in [-0.15, -0.1) is 21.6 Å². The highest BCUT2D eigenvalue weighted by Crippen LogP contribution is 2.34. The summed E-state index contributed by atoms with van der Waals surface area (Å²) in [7, 11) is 0. The summed E-state index contributed by atoms with van der Waals surface area (Å²) in [6, 6.07) is 19.1. The zero-order valence-corrected chi connectivity index (χ0v) is 13.3. The molecule has 0 radical (unpaired) electrons. The highest BCUT2D eigenvalue weighted by atomic mass is 32.1. The number of azo groups is 1. The summed E-state index contributed by atoms with van der Waals surface area (Å²) in [6.07, 6.45) is 1.91. The highest BCUT2D eigenvalue weighted by molar-refractivity contribution is 7.13. The van der Waals surface area contributed by atoms with Gasteiger partial charge in [-0.2, -0.15) is 5.26 Å². The Morgan fingerprint density at radius 3 is 2.71 bits per heavy atom. The number of fused-ring (bicyclic) bond motifs is 1. The number of rotatable bonds is 3. The van der Waals surface area contributed by atoms with Gasteiger partial charge >= 0.3 is 0 Å². The Labute approximate surface area is 142 Å². The van der Waals surface area contributed by atoms with E-state index >= 15 is 0 Å². The Kier molecular flexibility index (Phi) is 3.61. The number of hydrogen-bond acceptors (Lipinski definition) is 5. The van der Waals surface area contributed by atoms with Gasteiger partial charge in [-0.3, -0.25) is 4.40 Å². The lowest BCUT2D eigenvalue weighted by Gasteiger charge is -1.98. The van der Waals surface area contributed by atoms with E-state index in [2.05, 4.69) is 21.3 Å². The summed E-state index contributed by atoms with van der Waals surface area (Å²) in [5.41, 5.74) is 2.63. The summed E-state index contributed by atoms with van der Waals surface area (Å²) < 4.78 is 1.90. The standard InChI is InChI=1S/C18H11N5S/c19-12-13-6-1-2-7-14(13)21-22-18-17(15-8-5-11-24-15)20-16-9-3-4-10-23(16)18/h1-11H. The molecule has 0 bridgehead atoms. The summed E-state index contributed by atoms with van der Waals surface area (Å²) >= 11 is 1.60. The molecule has 0 aliphatic carbocycles. The van der Waals surface area contributed by atoms with E-state index < -0.39 is 0 Å². The fourth-order valence-corrected chi connectivity index (χ4v) is 3.12. The van der Waals surface area contributed by atoms with Gasteiger partial charge in [-0.05, 0) is 35.7 Å². The lowest BCUT2D eigenvalue weighted by Crippen LogP contribution is -1.81. The first-order valence-corrected chi connectivity index (χ1v) is 8.16. The molecular formula is C18H11N5S. The zero-order valence-electron chi connectivity index (χ0n) is 12.5. The zero-order chi connectivity index (χ0) is 16.4. The van der Waals surface area contributed by atoms with Crippen LogP contribution in [0, 0.1) is 11.3 Å². The van der Waals surface area contributed by atoms with Crippen molar-refractivity contribution in [1.29, 1.82) is 5.26 Å². The molecule has 114 valence electrons. The largest absolute Gasteiger partial charge is 0.283 e. The van der Waals surface area contributed by atoms with Crippen LogP contribution >= 0.6 is 11.3 Å². The van der Waals surface area contributed by atoms with Gasteiger partial charge in [-0.1, -0.05) is 24.3 Å². The molecule has 5 nitrogen and oxygen atoms in total. The molecule has 0 spiro atoms. The maximum absolute atomic E-state index is 9.18. The van der Waals surface area contributed by atoms with E-state index in [1.807, 2.05) is 58.4 Å². The quantitative estimate of drug-likeness (QED) is 0.475. The molecule has 6 heteroatoms. The lowest BCUT2D eigenvalue weighted by atomic mass is 10.2. The average molecular weight is 329 g/mol. The third kappa shape index (κ3) is 2.47. The van der Waals surface area contributed by atoms with Crippen LogP contribution in [0.2, 0.25) is 0 Å². The summed E-state index contributed by atoms with van der Waals surface area (Å²) in [4.78, 5) is 5.69. The van der Waals surface area contributed by atoms with Crippen molar-refractivity contribution in [2.24, 2.45) is 10.2 Å². The topological polar surface area (TPSA) is 65.8 Å². The SMILES string of the molecule is N#Cc1ccccc1N=Nc1c(-c2cccs2)nc2ccccn12. The Hall–Kier alpha value is -3.30. The molecule has 0 atom stereocenters. The number of imidazole rings is 1. The molecule has 3 aromatic heterocycles. The predicted octanol–water partition coefficient (Wildman–Crippen LogP) is 5.35. The Bertz CT molecular complexity index is 1070. The number of hydrogen-bond donors (Lipinski definition) is 0. The second-order valence-corrected chi connectivity index (χ2v) is 5.97. The molecule has 0 unspecified atom stereocenters. The van der Waals surface area contributed by atoms with Crippen LogP contribution in [0.4, 0.5) is 11.5 Å². The third-order valence-electron chi connectivity index (χ3n) is 3.54. The first-order valence-electron chi connectivity index (χ1n) is 7.28. The fraction of sp³-hybridized carbons (Fsp3) is 0. The summed E-state index contributed by atoms with van der Waals surface area (Å²) in [5, 5.41) is 19.9.